The van der Waals surface area contributed by atoms with Gasteiger partial charge in [-0.25, -0.2) is 0 Å². The maximum Gasteiger partial charge on any atom is 0.478 e. The largest absolute Gasteiger partial charge is 0.618 e. The molecule has 23 heavy (non-hydrogen) atoms. The van der Waals surface area contributed by atoms with E-state index >= 15 is 0 Å². The average Bonchev–Trinajstić information content (AvgIpc) is 2.63. The summed E-state index contributed by atoms with van der Waals surface area (Å²) in [7, 11) is -1.33. The van der Waals surface area contributed by atoms with Gasteiger partial charge in [0.05, 0.1) is 18.5 Å². The highest BCUT2D eigenvalue weighted by molar-refractivity contribution is 6.45. The van der Waals surface area contributed by atoms with Crippen LogP contribution in [-0.2, 0) is 20.7 Å². The number of rotatable bonds is 5. The number of pyridine rings is 1. The summed E-state index contributed by atoms with van der Waals surface area (Å²) in [6.07, 6.45) is 3.66. The summed E-state index contributed by atoms with van der Waals surface area (Å²) in [6, 6.07) is 4.75. The molecule has 0 bridgehead atoms. The maximum absolute atomic E-state index is 12.0. The Hall–Kier alpha value is -2.39. The summed E-state index contributed by atoms with van der Waals surface area (Å²) in [5.74, 6) is -2.18. The van der Waals surface area contributed by atoms with Gasteiger partial charge in [-0.15, -0.1) is 0 Å². The van der Waals surface area contributed by atoms with E-state index in [4.69, 9.17) is 9.76 Å². The molecule has 8 nitrogen and oxygen atoms in total. The molecule has 0 saturated carbocycles. The Kier molecular flexibility index (Phi) is 5.72. The SMILES string of the molecule is O=C(O)CC1C=CCC(NC(=O)Cc2cccc[n+]2[O-])B(O)O1. The molecule has 0 spiro atoms. The van der Waals surface area contributed by atoms with Crippen LogP contribution in [0.4, 0.5) is 0 Å². The van der Waals surface area contributed by atoms with Crippen LogP contribution in [0.3, 0.4) is 0 Å². The zero-order valence-corrected chi connectivity index (χ0v) is 12.3. The van der Waals surface area contributed by atoms with Gasteiger partial charge in [0, 0.05) is 12.1 Å². The van der Waals surface area contributed by atoms with Crippen LogP contribution in [0.1, 0.15) is 18.5 Å². The third-order valence-corrected chi connectivity index (χ3v) is 3.37. The highest BCUT2D eigenvalue weighted by Crippen LogP contribution is 2.12. The van der Waals surface area contributed by atoms with E-state index in [0.717, 1.165) is 0 Å². The molecule has 1 amide bonds. The average molecular weight is 320 g/mol. The molecule has 2 rings (SSSR count). The van der Waals surface area contributed by atoms with Crippen molar-refractivity contribution >= 4 is 19.0 Å². The fourth-order valence-corrected chi connectivity index (χ4v) is 2.25. The van der Waals surface area contributed by atoms with E-state index < -0.39 is 31.0 Å². The highest BCUT2D eigenvalue weighted by atomic mass is 16.5. The standard InChI is InChI=1S/C14H17BN2O6/c18-13(8-10-4-1-2-7-17(10)22)16-12-6-3-5-11(9-14(19)20)23-15(12)21/h1-5,7,11-12,21H,6,8-9H2,(H,16,18)(H,19,20). The van der Waals surface area contributed by atoms with Crippen LogP contribution in [0.15, 0.2) is 36.5 Å². The van der Waals surface area contributed by atoms with Gasteiger partial charge in [-0.1, -0.05) is 12.2 Å². The zero-order chi connectivity index (χ0) is 16.8. The van der Waals surface area contributed by atoms with Gasteiger partial charge in [-0.3, -0.25) is 9.59 Å². The van der Waals surface area contributed by atoms with Gasteiger partial charge < -0.3 is 25.3 Å². The van der Waals surface area contributed by atoms with Gasteiger partial charge in [0.1, 0.15) is 6.42 Å². The number of hydrogen-bond donors (Lipinski definition) is 3. The lowest BCUT2D eigenvalue weighted by Gasteiger charge is -2.20. The van der Waals surface area contributed by atoms with Crippen molar-refractivity contribution in [2.45, 2.75) is 31.3 Å². The Balaban J connectivity index is 1.92. The summed E-state index contributed by atoms with van der Waals surface area (Å²) >= 11 is 0. The summed E-state index contributed by atoms with van der Waals surface area (Å²) in [6.45, 7) is 0. The molecular formula is C14H17BN2O6. The molecular weight excluding hydrogens is 303 g/mol. The molecule has 0 aromatic carbocycles. The van der Waals surface area contributed by atoms with Crippen LogP contribution >= 0.6 is 0 Å². The molecule has 2 heterocycles. The maximum atomic E-state index is 12.0. The third kappa shape index (κ3) is 5.08. The highest BCUT2D eigenvalue weighted by Gasteiger charge is 2.32. The predicted octanol–water partition coefficient (Wildman–Crippen LogP) is -0.813. The first-order chi connectivity index (χ1) is 11.0. The first kappa shape index (κ1) is 17.0. The second-order valence-electron chi connectivity index (χ2n) is 5.20. The Morgan fingerprint density at radius 2 is 2.26 bits per heavy atom. The summed E-state index contributed by atoms with van der Waals surface area (Å²) < 4.78 is 5.82. The van der Waals surface area contributed by atoms with Crippen LogP contribution in [0.2, 0.25) is 0 Å². The van der Waals surface area contributed by atoms with Gasteiger partial charge >= 0.3 is 13.1 Å². The van der Waals surface area contributed by atoms with Crippen LogP contribution in [0, 0.1) is 5.21 Å². The lowest BCUT2D eigenvalue weighted by Crippen LogP contribution is -2.49. The van der Waals surface area contributed by atoms with Gasteiger partial charge in [-0.05, 0) is 12.5 Å². The molecule has 0 saturated heterocycles. The van der Waals surface area contributed by atoms with Crippen LogP contribution in [0.5, 0.6) is 0 Å². The van der Waals surface area contributed by atoms with Gasteiger partial charge in [0.15, 0.2) is 6.20 Å². The summed E-state index contributed by atoms with van der Waals surface area (Å²) in [5.41, 5.74) is 0.285. The Morgan fingerprint density at radius 1 is 1.48 bits per heavy atom. The van der Waals surface area contributed by atoms with Crippen LogP contribution < -0.4 is 10.0 Å². The van der Waals surface area contributed by atoms with Crippen molar-refractivity contribution in [3.63, 3.8) is 0 Å². The number of carboxylic acids is 1. The van der Waals surface area contributed by atoms with Crippen molar-refractivity contribution in [2.75, 3.05) is 0 Å². The number of nitrogens with zero attached hydrogens (tertiary/aromatic N) is 1. The molecule has 1 aliphatic heterocycles. The molecule has 1 aromatic rings. The Morgan fingerprint density at radius 3 is 2.96 bits per heavy atom. The molecule has 2 unspecified atom stereocenters. The molecule has 3 N–H and O–H groups in total. The fourth-order valence-electron chi connectivity index (χ4n) is 2.25. The van der Waals surface area contributed by atoms with Crippen molar-refractivity contribution in [3.8, 4) is 0 Å². The lowest BCUT2D eigenvalue weighted by molar-refractivity contribution is -0.613. The summed E-state index contributed by atoms with van der Waals surface area (Å²) in [4.78, 5) is 22.7. The quantitative estimate of drug-likeness (QED) is 0.282. The van der Waals surface area contributed by atoms with Crippen molar-refractivity contribution in [3.05, 3.63) is 47.4 Å². The van der Waals surface area contributed by atoms with Crippen molar-refractivity contribution < 1.29 is 29.1 Å². The molecule has 0 radical (unpaired) electrons. The molecule has 1 aromatic heterocycles. The molecule has 122 valence electrons. The van der Waals surface area contributed by atoms with E-state index in [0.29, 0.717) is 11.2 Å². The predicted molar refractivity (Wildman–Crippen MR) is 79.9 cm³/mol. The smallest absolute Gasteiger partial charge is 0.478 e. The molecule has 1 aliphatic rings. The van der Waals surface area contributed by atoms with Crippen LogP contribution in [0.25, 0.3) is 0 Å². The van der Waals surface area contributed by atoms with E-state index in [2.05, 4.69) is 5.32 Å². The molecule has 0 fully saturated rings. The Bertz CT molecular complexity index is 609. The van der Waals surface area contributed by atoms with Gasteiger partial charge in [0.25, 0.3) is 0 Å². The number of carboxylic acid groups (broad SMARTS) is 1. The fraction of sp³-hybridized carbons (Fsp3) is 0.357. The van der Waals surface area contributed by atoms with Crippen molar-refractivity contribution in [1.82, 2.24) is 5.32 Å². The topological polar surface area (TPSA) is 123 Å². The minimum atomic E-state index is -1.33. The second kappa shape index (κ2) is 7.75. The van der Waals surface area contributed by atoms with Crippen molar-refractivity contribution in [2.24, 2.45) is 0 Å². The van der Waals surface area contributed by atoms with Crippen LogP contribution in [-0.4, -0.2) is 41.2 Å². The summed E-state index contributed by atoms with van der Waals surface area (Å²) in [5, 5.41) is 32.8. The number of aliphatic carboxylic acids is 1. The third-order valence-electron chi connectivity index (χ3n) is 3.37. The molecule has 2 atom stereocenters. The van der Waals surface area contributed by atoms with E-state index in [1.165, 1.54) is 12.3 Å². The number of aromatic nitrogens is 1. The van der Waals surface area contributed by atoms with Gasteiger partial charge in [-0.2, -0.15) is 4.73 Å². The number of nitrogens with one attached hydrogen (secondary N) is 1. The number of carbonyl (C=O) groups is 2. The first-order valence-corrected chi connectivity index (χ1v) is 7.14. The Labute approximate surface area is 133 Å². The lowest BCUT2D eigenvalue weighted by atomic mass is 9.77. The van der Waals surface area contributed by atoms with E-state index in [9.17, 15) is 19.8 Å². The van der Waals surface area contributed by atoms with Crippen molar-refractivity contribution in [1.29, 1.82) is 0 Å². The van der Waals surface area contributed by atoms with Gasteiger partial charge in [0.2, 0.25) is 11.6 Å². The second-order valence-corrected chi connectivity index (χ2v) is 5.20. The first-order valence-electron chi connectivity index (χ1n) is 7.14. The normalized spacial score (nSPS) is 20.8. The number of amides is 1. The van der Waals surface area contributed by atoms with E-state index in [1.807, 2.05) is 0 Å². The zero-order valence-electron chi connectivity index (χ0n) is 12.3. The van der Waals surface area contributed by atoms with E-state index in [1.54, 1.807) is 24.3 Å². The molecule has 0 aliphatic carbocycles. The monoisotopic (exact) mass is 320 g/mol. The molecule has 9 heteroatoms. The number of hydrogen-bond acceptors (Lipinski definition) is 5. The minimum Gasteiger partial charge on any atom is -0.618 e. The van der Waals surface area contributed by atoms with E-state index in [-0.39, 0.29) is 18.5 Å². The minimum absolute atomic E-state index is 0.129. The number of carbonyl (C=O) groups excluding carboxylic acids is 1.